The van der Waals surface area contributed by atoms with Crippen LogP contribution in [0.5, 0.6) is 23.0 Å². The first-order valence-corrected chi connectivity index (χ1v) is 19.6. The van der Waals surface area contributed by atoms with Crippen LogP contribution in [0.2, 0.25) is 0 Å². The number of hydrogen-bond acceptors (Lipinski definition) is 2. The Morgan fingerprint density at radius 3 is 1.14 bits per heavy atom. The van der Waals surface area contributed by atoms with Crippen LogP contribution in [-0.4, -0.2) is 0 Å². The van der Waals surface area contributed by atoms with Gasteiger partial charge >= 0.3 is 0 Å². The summed E-state index contributed by atoms with van der Waals surface area (Å²) < 4.78 is 16.4. The van der Waals surface area contributed by atoms with Crippen molar-refractivity contribution in [1.29, 1.82) is 0 Å². The molecule has 2 nitrogen and oxygen atoms in total. The molecule has 1 aliphatic carbocycles. The number of fused-ring (bicyclic) bond motifs is 5. The lowest BCUT2D eigenvalue weighted by Gasteiger charge is -2.34. The first-order chi connectivity index (χ1) is 24.8. The summed E-state index contributed by atoms with van der Waals surface area (Å²) in [6.07, 6.45) is 0. The average Bonchev–Trinajstić information content (AvgIpc) is 3.41. The zero-order valence-corrected chi connectivity index (χ0v) is 33.2. The molecule has 9 rings (SSSR count). The number of halogens is 4. The molecule has 6 heteroatoms. The quantitative estimate of drug-likeness (QED) is 0.165. The fourth-order valence-electron chi connectivity index (χ4n) is 7.51. The van der Waals surface area contributed by atoms with E-state index in [0.717, 1.165) is 62.4 Å². The molecule has 0 aromatic heterocycles. The van der Waals surface area contributed by atoms with Crippen molar-refractivity contribution in [1.82, 2.24) is 0 Å². The van der Waals surface area contributed by atoms with Gasteiger partial charge in [0.2, 0.25) is 0 Å². The van der Waals surface area contributed by atoms with Gasteiger partial charge in [-0.2, -0.15) is 0 Å². The molecule has 0 radical (unpaired) electrons. The Hall–Kier alpha value is -4.20. The molecule has 0 N–H and O–H groups in total. The van der Waals surface area contributed by atoms with E-state index in [1.165, 1.54) is 33.4 Å². The summed E-state index contributed by atoms with van der Waals surface area (Å²) in [7, 11) is 0. The fourth-order valence-corrected chi connectivity index (χ4v) is 10.0. The van der Waals surface area contributed by atoms with E-state index in [9.17, 15) is 0 Å². The molecule has 0 atom stereocenters. The molecule has 8 aromatic rings. The molecule has 8 aromatic carbocycles. The molecular formula is C45H26Br4O2. The second-order valence-corrected chi connectivity index (χ2v) is 16.4. The normalized spacial score (nSPS) is 12.9. The Morgan fingerprint density at radius 2 is 0.706 bits per heavy atom. The summed E-state index contributed by atoms with van der Waals surface area (Å²) in [5, 5.41) is 4.53. The molecule has 0 saturated carbocycles. The third kappa shape index (κ3) is 5.92. The van der Waals surface area contributed by atoms with Gasteiger partial charge < -0.3 is 9.47 Å². The highest BCUT2D eigenvalue weighted by molar-refractivity contribution is 9.11. The molecule has 0 spiro atoms. The van der Waals surface area contributed by atoms with Crippen LogP contribution in [0.4, 0.5) is 0 Å². The van der Waals surface area contributed by atoms with Gasteiger partial charge in [0.05, 0.1) is 5.41 Å². The van der Waals surface area contributed by atoms with Crippen LogP contribution in [0.3, 0.4) is 0 Å². The van der Waals surface area contributed by atoms with E-state index in [1.54, 1.807) is 0 Å². The smallest absolute Gasteiger partial charge is 0.129 e. The van der Waals surface area contributed by atoms with Crippen molar-refractivity contribution in [2.45, 2.75) is 5.41 Å². The lowest BCUT2D eigenvalue weighted by Crippen LogP contribution is -2.28. The largest absolute Gasteiger partial charge is 0.457 e. The molecule has 0 bridgehead atoms. The first kappa shape index (κ1) is 32.7. The third-order valence-corrected chi connectivity index (χ3v) is 11.4. The van der Waals surface area contributed by atoms with Crippen molar-refractivity contribution >= 4 is 85.3 Å². The standard InChI is InChI=1S/C45H26Br4O2/c46-33-21-34(47)24-39(23-33)50-37-15-11-27-17-31(13-9-29(27)19-37)45(43-7-3-1-5-41(43)42-6-2-4-8-44(42)45)32-14-10-30-20-38(16-12-28(30)18-32)51-40-25-35(48)22-36(49)26-40/h1-26H. The number of benzene rings is 8. The summed E-state index contributed by atoms with van der Waals surface area (Å²) in [5.74, 6) is 3.11. The Labute approximate surface area is 329 Å². The molecule has 0 fully saturated rings. The van der Waals surface area contributed by atoms with Gasteiger partial charge in [0, 0.05) is 17.9 Å². The van der Waals surface area contributed by atoms with Crippen LogP contribution in [0.1, 0.15) is 22.3 Å². The minimum Gasteiger partial charge on any atom is -0.457 e. The maximum absolute atomic E-state index is 6.28. The highest BCUT2D eigenvalue weighted by Gasteiger charge is 2.46. The van der Waals surface area contributed by atoms with Gasteiger partial charge in [0.15, 0.2) is 0 Å². The average molecular weight is 918 g/mol. The fraction of sp³-hybridized carbons (Fsp3) is 0.0222. The zero-order chi connectivity index (χ0) is 34.7. The van der Waals surface area contributed by atoms with Gasteiger partial charge in [0.25, 0.3) is 0 Å². The Bertz CT molecular complexity index is 2440. The first-order valence-electron chi connectivity index (χ1n) is 16.4. The van der Waals surface area contributed by atoms with E-state index in [4.69, 9.17) is 9.47 Å². The van der Waals surface area contributed by atoms with Crippen LogP contribution in [-0.2, 0) is 5.41 Å². The summed E-state index contributed by atoms with van der Waals surface area (Å²) in [6, 6.07) is 55.9. The van der Waals surface area contributed by atoms with Gasteiger partial charge in [0.1, 0.15) is 23.0 Å². The van der Waals surface area contributed by atoms with Crippen LogP contribution in [0.25, 0.3) is 32.7 Å². The van der Waals surface area contributed by atoms with E-state index in [0.29, 0.717) is 0 Å². The predicted octanol–water partition coefficient (Wildman–Crippen LogP) is 15.0. The second kappa shape index (κ2) is 13.1. The lowest BCUT2D eigenvalue weighted by atomic mass is 9.67. The molecule has 1 aliphatic rings. The highest BCUT2D eigenvalue weighted by atomic mass is 79.9. The molecule has 0 saturated heterocycles. The summed E-state index contributed by atoms with van der Waals surface area (Å²) >= 11 is 14.3. The van der Waals surface area contributed by atoms with Crippen molar-refractivity contribution in [3.05, 3.63) is 198 Å². The van der Waals surface area contributed by atoms with Gasteiger partial charge in [-0.1, -0.05) is 149 Å². The van der Waals surface area contributed by atoms with Gasteiger partial charge in [-0.05, 0) is 128 Å². The summed E-state index contributed by atoms with van der Waals surface area (Å²) in [6.45, 7) is 0. The van der Waals surface area contributed by atoms with E-state index in [-0.39, 0.29) is 0 Å². The minimum absolute atomic E-state index is 0.523. The Balaban J connectivity index is 1.18. The van der Waals surface area contributed by atoms with Gasteiger partial charge in [-0.25, -0.2) is 0 Å². The maximum atomic E-state index is 6.28. The zero-order valence-electron chi connectivity index (χ0n) is 26.8. The predicted molar refractivity (Wildman–Crippen MR) is 223 cm³/mol. The molecular weight excluding hydrogens is 892 g/mol. The van der Waals surface area contributed by atoms with Crippen molar-refractivity contribution in [3.63, 3.8) is 0 Å². The molecule has 0 aliphatic heterocycles. The van der Waals surface area contributed by atoms with Crippen LogP contribution in [0, 0.1) is 0 Å². The van der Waals surface area contributed by atoms with Crippen LogP contribution in [0.15, 0.2) is 176 Å². The Kier molecular flexibility index (Phi) is 8.39. The number of rotatable bonds is 6. The molecule has 0 heterocycles. The van der Waals surface area contributed by atoms with Gasteiger partial charge in [-0.3, -0.25) is 0 Å². The number of ether oxygens (including phenoxy) is 2. The van der Waals surface area contributed by atoms with Crippen LogP contribution >= 0.6 is 63.7 Å². The van der Waals surface area contributed by atoms with Crippen molar-refractivity contribution < 1.29 is 9.47 Å². The minimum atomic E-state index is -0.523. The maximum Gasteiger partial charge on any atom is 0.129 e. The van der Waals surface area contributed by atoms with E-state index in [1.807, 2.05) is 48.5 Å². The molecule has 0 unspecified atom stereocenters. The SMILES string of the molecule is Brc1cc(Br)cc(Oc2ccc3cc(C4(c5ccc6cc(Oc7cc(Br)cc(Br)c7)ccc6c5)c5ccccc5-c5ccccc54)ccc3c2)c1. The van der Waals surface area contributed by atoms with Crippen molar-refractivity contribution in [2.24, 2.45) is 0 Å². The molecule has 246 valence electrons. The van der Waals surface area contributed by atoms with Crippen LogP contribution < -0.4 is 9.47 Å². The summed E-state index contributed by atoms with van der Waals surface area (Å²) in [4.78, 5) is 0. The van der Waals surface area contributed by atoms with Crippen molar-refractivity contribution in [3.8, 4) is 34.1 Å². The van der Waals surface area contributed by atoms with E-state index < -0.39 is 5.41 Å². The van der Waals surface area contributed by atoms with E-state index in [2.05, 4.69) is 173 Å². The van der Waals surface area contributed by atoms with E-state index >= 15 is 0 Å². The number of hydrogen-bond donors (Lipinski definition) is 0. The topological polar surface area (TPSA) is 18.5 Å². The molecule has 51 heavy (non-hydrogen) atoms. The molecule has 0 amide bonds. The lowest BCUT2D eigenvalue weighted by molar-refractivity contribution is 0.482. The highest BCUT2D eigenvalue weighted by Crippen LogP contribution is 2.56. The summed E-state index contributed by atoms with van der Waals surface area (Å²) in [5.41, 5.74) is 7.01. The van der Waals surface area contributed by atoms with Gasteiger partial charge in [-0.15, -0.1) is 0 Å². The Morgan fingerprint density at radius 1 is 0.333 bits per heavy atom. The van der Waals surface area contributed by atoms with Crippen molar-refractivity contribution in [2.75, 3.05) is 0 Å². The monoisotopic (exact) mass is 914 g/mol. The third-order valence-electron chi connectivity index (χ3n) is 9.59. The second-order valence-electron chi connectivity index (χ2n) is 12.7.